The van der Waals surface area contributed by atoms with Crippen LogP contribution in [0.3, 0.4) is 0 Å². The standard InChI is InChI=1S/C17H33N3O/c18-9-8-15-6-5-7-16(14-15)17(21)19-10-13-20-11-3-1-2-4-12-20/h15-16H,1-14,18H2,(H,19,21). The Hall–Kier alpha value is -0.610. The average Bonchev–Trinajstić information content (AvgIpc) is 2.76. The number of nitrogens with zero attached hydrogens (tertiary/aromatic N) is 1. The molecule has 1 saturated carbocycles. The molecular weight excluding hydrogens is 262 g/mol. The number of nitrogens with one attached hydrogen (secondary N) is 1. The Morgan fingerprint density at radius 1 is 1.10 bits per heavy atom. The second-order valence-electron chi connectivity index (χ2n) is 6.85. The van der Waals surface area contributed by atoms with Gasteiger partial charge in [0.2, 0.25) is 5.91 Å². The first-order valence-corrected chi connectivity index (χ1v) is 8.99. The van der Waals surface area contributed by atoms with E-state index in [1.54, 1.807) is 0 Å². The lowest BCUT2D eigenvalue weighted by atomic mass is 9.79. The van der Waals surface area contributed by atoms with E-state index in [1.165, 1.54) is 51.6 Å². The van der Waals surface area contributed by atoms with Crippen LogP contribution in [0.5, 0.6) is 0 Å². The van der Waals surface area contributed by atoms with Crippen LogP contribution in [0.2, 0.25) is 0 Å². The third-order valence-corrected chi connectivity index (χ3v) is 5.15. The van der Waals surface area contributed by atoms with Crippen molar-refractivity contribution in [1.82, 2.24) is 10.2 Å². The summed E-state index contributed by atoms with van der Waals surface area (Å²) >= 11 is 0. The van der Waals surface area contributed by atoms with Crippen LogP contribution in [-0.2, 0) is 4.79 Å². The topological polar surface area (TPSA) is 58.4 Å². The summed E-state index contributed by atoms with van der Waals surface area (Å²) in [4.78, 5) is 14.8. The molecule has 2 unspecified atom stereocenters. The fourth-order valence-corrected chi connectivity index (χ4v) is 3.87. The smallest absolute Gasteiger partial charge is 0.223 e. The molecule has 0 spiro atoms. The van der Waals surface area contributed by atoms with E-state index in [0.29, 0.717) is 5.92 Å². The normalized spacial score (nSPS) is 28.0. The first-order chi connectivity index (χ1) is 10.3. The molecule has 0 aromatic heterocycles. The third-order valence-electron chi connectivity index (χ3n) is 5.15. The number of rotatable bonds is 6. The lowest BCUT2D eigenvalue weighted by Gasteiger charge is -2.28. The van der Waals surface area contributed by atoms with Gasteiger partial charge in [-0.3, -0.25) is 4.79 Å². The molecule has 21 heavy (non-hydrogen) atoms. The van der Waals surface area contributed by atoms with Crippen molar-refractivity contribution in [2.75, 3.05) is 32.7 Å². The molecule has 2 aliphatic rings. The fourth-order valence-electron chi connectivity index (χ4n) is 3.87. The number of nitrogens with two attached hydrogens (primary N) is 1. The number of likely N-dealkylation sites (tertiary alicyclic amines) is 1. The molecule has 3 N–H and O–H groups in total. The number of carbonyl (C=O) groups excluding carboxylic acids is 1. The van der Waals surface area contributed by atoms with Crippen LogP contribution in [0.15, 0.2) is 0 Å². The molecule has 1 saturated heterocycles. The van der Waals surface area contributed by atoms with Crippen LogP contribution in [0, 0.1) is 11.8 Å². The van der Waals surface area contributed by atoms with Crippen molar-refractivity contribution in [3.05, 3.63) is 0 Å². The predicted octanol–water partition coefficient (Wildman–Crippen LogP) is 2.13. The van der Waals surface area contributed by atoms with Crippen LogP contribution in [0.25, 0.3) is 0 Å². The summed E-state index contributed by atoms with van der Waals surface area (Å²) in [5.41, 5.74) is 5.65. The van der Waals surface area contributed by atoms with Crippen LogP contribution in [0.4, 0.5) is 0 Å². The van der Waals surface area contributed by atoms with Crippen molar-refractivity contribution in [2.24, 2.45) is 17.6 Å². The van der Waals surface area contributed by atoms with Gasteiger partial charge in [-0.05, 0) is 57.7 Å². The van der Waals surface area contributed by atoms with E-state index in [-0.39, 0.29) is 11.8 Å². The Morgan fingerprint density at radius 3 is 2.57 bits per heavy atom. The summed E-state index contributed by atoms with van der Waals surface area (Å²) in [6, 6.07) is 0. The fraction of sp³-hybridized carbons (Fsp3) is 0.941. The quantitative estimate of drug-likeness (QED) is 0.789. The molecule has 0 radical (unpaired) electrons. The molecule has 2 atom stereocenters. The zero-order valence-electron chi connectivity index (χ0n) is 13.5. The van der Waals surface area contributed by atoms with E-state index in [2.05, 4.69) is 10.2 Å². The van der Waals surface area contributed by atoms with Crippen molar-refractivity contribution in [3.63, 3.8) is 0 Å². The minimum Gasteiger partial charge on any atom is -0.355 e. The molecule has 4 heteroatoms. The molecule has 1 aliphatic carbocycles. The second-order valence-corrected chi connectivity index (χ2v) is 6.85. The van der Waals surface area contributed by atoms with Crippen LogP contribution in [-0.4, -0.2) is 43.5 Å². The van der Waals surface area contributed by atoms with Gasteiger partial charge in [0.25, 0.3) is 0 Å². The first-order valence-electron chi connectivity index (χ1n) is 8.99. The number of carbonyl (C=O) groups is 1. The summed E-state index contributed by atoms with van der Waals surface area (Å²) < 4.78 is 0. The maximum atomic E-state index is 12.3. The number of amides is 1. The Kier molecular flexibility index (Phi) is 7.51. The van der Waals surface area contributed by atoms with Crippen molar-refractivity contribution < 1.29 is 4.79 Å². The summed E-state index contributed by atoms with van der Waals surface area (Å²) in [6.45, 7) is 5.01. The van der Waals surface area contributed by atoms with Gasteiger partial charge in [0.05, 0.1) is 0 Å². The molecule has 1 heterocycles. The van der Waals surface area contributed by atoms with Gasteiger partial charge in [0.15, 0.2) is 0 Å². The molecule has 1 aliphatic heterocycles. The van der Waals surface area contributed by atoms with Gasteiger partial charge in [0.1, 0.15) is 0 Å². The maximum absolute atomic E-state index is 12.3. The number of hydrogen-bond acceptors (Lipinski definition) is 3. The molecule has 1 amide bonds. The van der Waals surface area contributed by atoms with E-state index in [0.717, 1.165) is 38.9 Å². The van der Waals surface area contributed by atoms with Gasteiger partial charge >= 0.3 is 0 Å². The Bertz CT molecular complexity index is 298. The molecular formula is C17H33N3O. The first kappa shape index (κ1) is 16.8. The zero-order valence-corrected chi connectivity index (χ0v) is 13.5. The highest BCUT2D eigenvalue weighted by atomic mass is 16.1. The van der Waals surface area contributed by atoms with Crippen molar-refractivity contribution >= 4 is 5.91 Å². The SMILES string of the molecule is NCCC1CCCC(C(=O)NCCN2CCCCCC2)C1. The highest BCUT2D eigenvalue weighted by Gasteiger charge is 2.26. The van der Waals surface area contributed by atoms with Gasteiger partial charge in [-0.2, -0.15) is 0 Å². The molecule has 0 aromatic carbocycles. The minimum absolute atomic E-state index is 0.236. The molecule has 2 fully saturated rings. The number of hydrogen-bond donors (Lipinski definition) is 2. The Morgan fingerprint density at radius 2 is 1.86 bits per heavy atom. The lowest BCUT2D eigenvalue weighted by molar-refractivity contribution is -0.126. The van der Waals surface area contributed by atoms with Crippen molar-refractivity contribution in [1.29, 1.82) is 0 Å². The Labute approximate surface area is 129 Å². The van der Waals surface area contributed by atoms with Crippen LogP contribution >= 0.6 is 0 Å². The summed E-state index contributed by atoms with van der Waals surface area (Å²) in [5, 5.41) is 3.17. The summed E-state index contributed by atoms with van der Waals surface area (Å²) in [7, 11) is 0. The molecule has 122 valence electrons. The van der Waals surface area contributed by atoms with Gasteiger partial charge < -0.3 is 16.0 Å². The third kappa shape index (κ3) is 5.95. The second kappa shape index (κ2) is 9.42. The van der Waals surface area contributed by atoms with E-state index < -0.39 is 0 Å². The van der Waals surface area contributed by atoms with Gasteiger partial charge in [-0.25, -0.2) is 0 Å². The minimum atomic E-state index is 0.236. The van der Waals surface area contributed by atoms with Gasteiger partial charge in [0, 0.05) is 19.0 Å². The van der Waals surface area contributed by atoms with Crippen LogP contribution in [0.1, 0.15) is 57.8 Å². The van der Waals surface area contributed by atoms with Crippen molar-refractivity contribution in [2.45, 2.75) is 57.8 Å². The maximum Gasteiger partial charge on any atom is 0.223 e. The Balaban J connectivity index is 1.64. The van der Waals surface area contributed by atoms with E-state index in [1.807, 2.05) is 0 Å². The molecule has 2 rings (SSSR count). The largest absolute Gasteiger partial charge is 0.355 e. The molecule has 4 nitrogen and oxygen atoms in total. The van der Waals surface area contributed by atoms with E-state index in [9.17, 15) is 4.79 Å². The molecule has 0 aromatic rings. The highest BCUT2D eigenvalue weighted by molar-refractivity contribution is 5.78. The van der Waals surface area contributed by atoms with Crippen molar-refractivity contribution in [3.8, 4) is 0 Å². The average molecular weight is 295 g/mol. The predicted molar refractivity (Wildman–Crippen MR) is 87.0 cm³/mol. The summed E-state index contributed by atoms with van der Waals surface area (Å²) in [6.07, 6.45) is 11.0. The zero-order chi connectivity index (χ0) is 14.9. The van der Waals surface area contributed by atoms with Gasteiger partial charge in [-0.1, -0.05) is 25.7 Å². The van der Waals surface area contributed by atoms with Crippen LogP contribution < -0.4 is 11.1 Å². The summed E-state index contributed by atoms with van der Waals surface area (Å²) in [5.74, 6) is 1.19. The lowest BCUT2D eigenvalue weighted by Crippen LogP contribution is -2.39. The van der Waals surface area contributed by atoms with Gasteiger partial charge in [-0.15, -0.1) is 0 Å². The monoisotopic (exact) mass is 295 g/mol. The molecule has 0 bridgehead atoms. The van der Waals surface area contributed by atoms with E-state index in [4.69, 9.17) is 5.73 Å². The highest BCUT2D eigenvalue weighted by Crippen LogP contribution is 2.30. The van der Waals surface area contributed by atoms with E-state index >= 15 is 0 Å².